The summed E-state index contributed by atoms with van der Waals surface area (Å²) in [4.78, 5) is 61.3. The number of carbonyl (C=O) groups is 5. The fourth-order valence-electron chi connectivity index (χ4n) is 4.34. The standard InChI is InChI=1S/C32H44N4O9/c1-19(2)16-24(20-6-8-21(9-7-20)33-31(44)34-22-10-12-23(37)13-11-22)28(39)36-25(29(40)41)14-15-45-18-26(30(42)43)35-27(38)17-32(3,4)5/h6-13,19,24-26,37H,14-18H2,1-5H3,(H,35,38)(H,36,39)(H,40,41)(H,42,43)(H2,33,34,44). The van der Waals surface area contributed by atoms with E-state index in [-0.39, 0.29) is 43.1 Å². The zero-order valence-electron chi connectivity index (χ0n) is 26.3. The molecule has 0 aromatic heterocycles. The van der Waals surface area contributed by atoms with Crippen LogP contribution in [0.15, 0.2) is 48.5 Å². The van der Waals surface area contributed by atoms with Gasteiger partial charge < -0.3 is 41.3 Å². The van der Waals surface area contributed by atoms with Crippen LogP contribution in [0.1, 0.15) is 65.4 Å². The molecule has 0 aliphatic rings. The number of carboxylic acids is 2. The van der Waals surface area contributed by atoms with Crippen LogP contribution >= 0.6 is 0 Å². The largest absolute Gasteiger partial charge is 0.508 e. The van der Waals surface area contributed by atoms with Gasteiger partial charge in [0.15, 0.2) is 6.04 Å². The molecule has 3 unspecified atom stereocenters. The lowest BCUT2D eigenvalue weighted by molar-refractivity contribution is -0.145. The summed E-state index contributed by atoms with van der Waals surface area (Å²) in [6.07, 6.45) is 0.422. The van der Waals surface area contributed by atoms with Gasteiger partial charge in [-0.2, -0.15) is 0 Å². The molecule has 0 radical (unpaired) electrons. The molecular weight excluding hydrogens is 584 g/mol. The molecule has 0 fully saturated rings. The van der Waals surface area contributed by atoms with E-state index in [2.05, 4.69) is 21.3 Å². The third-order valence-electron chi connectivity index (χ3n) is 6.49. The van der Waals surface area contributed by atoms with E-state index >= 15 is 0 Å². The summed E-state index contributed by atoms with van der Waals surface area (Å²) in [6.45, 7) is 8.88. The maximum absolute atomic E-state index is 13.3. The number of hydrogen-bond acceptors (Lipinski definition) is 7. The van der Waals surface area contributed by atoms with E-state index in [9.17, 15) is 39.3 Å². The Kier molecular flexibility index (Phi) is 13.8. The van der Waals surface area contributed by atoms with Crippen LogP contribution in [0.2, 0.25) is 0 Å². The molecule has 0 aliphatic carbocycles. The first-order valence-corrected chi connectivity index (χ1v) is 14.6. The highest BCUT2D eigenvalue weighted by molar-refractivity contribution is 5.99. The molecule has 0 heterocycles. The molecule has 13 heteroatoms. The molecule has 13 nitrogen and oxygen atoms in total. The SMILES string of the molecule is CC(C)CC(C(=O)NC(CCOCC(NC(=O)CC(C)(C)C)C(=O)O)C(=O)O)c1ccc(NC(=O)Nc2ccc(O)cc2)cc1. The van der Waals surface area contributed by atoms with Crippen LogP contribution in [0.5, 0.6) is 5.75 Å². The molecule has 0 saturated heterocycles. The van der Waals surface area contributed by atoms with E-state index in [1.807, 2.05) is 34.6 Å². The number of aromatic hydroxyl groups is 1. The summed E-state index contributed by atoms with van der Waals surface area (Å²) < 4.78 is 5.39. The first-order chi connectivity index (χ1) is 21.0. The molecule has 2 aromatic rings. The van der Waals surface area contributed by atoms with Crippen molar-refractivity contribution < 1.29 is 44.0 Å². The number of carbonyl (C=O) groups excluding carboxylic acids is 3. The predicted molar refractivity (Wildman–Crippen MR) is 168 cm³/mol. The molecule has 3 atom stereocenters. The van der Waals surface area contributed by atoms with E-state index in [1.165, 1.54) is 12.1 Å². The number of benzene rings is 2. The van der Waals surface area contributed by atoms with Crippen LogP contribution in [0.25, 0.3) is 0 Å². The van der Waals surface area contributed by atoms with Gasteiger partial charge in [-0.1, -0.05) is 46.8 Å². The highest BCUT2D eigenvalue weighted by atomic mass is 16.5. The highest BCUT2D eigenvalue weighted by Crippen LogP contribution is 2.26. The summed E-state index contributed by atoms with van der Waals surface area (Å²) in [5.41, 5.74) is 1.24. The number of ether oxygens (including phenoxy) is 1. The van der Waals surface area contributed by atoms with Gasteiger partial charge in [-0.05, 0) is 59.7 Å². The molecule has 0 spiro atoms. The molecule has 4 amide bonds. The number of hydrogen-bond donors (Lipinski definition) is 7. The minimum absolute atomic E-state index is 0.0715. The summed E-state index contributed by atoms with van der Waals surface area (Å²) >= 11 is 0. The third-order valence-corrected chi connectivity index (χ3v) is 6.49. The fraction of sp³-hybridized carbons (Fsp3) is 0.469. The lowest BCUT2D eigenvalue weighted by Gasteiger charge is -2.23. The van der Waals surface area contributed by atoms with Crippen LogP contribution < -0.4 is 21.3 Å². The van der Waals surface area contributed by atoms with Gasteiger partial charge in [0.2, 0.25) is 11.8 Å². The van der Waals surface area contributed by atoms with Gasteiger partial charge in [0.25, 0.3) is 0 Å². The molecule has 0 bridgehead atoms. The van der Waals surface area contributed by atoms with Gasteiger partial charge >= 0.3 is 18.0 Å². The lowest BCUT2D eigenvalue weighted by atomic mass is 9.89. The predicted octanol–water partition coefficient (Wildman–Crippen LogP) is 4.15. The summed E-state index contributed by atoms with van der Waals surface area (Å²) in [7, 11) is 0. The Labute approximate surface area is 262 Å². The third kappa shape index (κ3) is 13.7. The quantitative estimate of drug-likeness (QED) is 0.105. The zero-order valence-corrected chi connectivity index (χ0v) is 26.3. The van der Waals surface area contributed by atoms with Crippen molar-refractivity contribution in [2.45, 2.75) is 71.9 Å². The summed E-state index contributed by atoms with van der Waals surface area (Å²) in [5, 5.41) is 38.9. The van der Waals surface area contributed by atoms with Crippen LogP contribution in [-0.4, -0.2) is 70.4 Å². The monoisotopic (exact) mass is 628 g/mol. The van der Waals surface area contributed by atoms with Crippen molar-refractivity contribution in [2.24, 2.45) is 11.3 Å². The van der Waals surface area contributed by atoms with Crippen LogP contribution in [0.4, 0.5) is 16.2 Å². The molecule has 0 aliphatic heterocycles. The molecule has 2 rings (SSSR count). The second kappa shape index (κ2) is 17.0. The van der Waals surface area contributed by atoms with E-state index in [1.54, 1.807) is 36.4 Å². The first kappa shape index (κ1) is 36.5. The number of aliphatic carboxylic acids is 2. The van der Waals surface area contributed by atoms with Crippen LogP contribution in [-0.2, 0) is 23.9 Å². The average Bonchev–Trinajstić information content (AvgIpc) is 2.93. The molecule has 45 heavy (non-hydrogen) atoms. The Balaban J connectivity index is 1.98. The first-order valence-electron chi connectivity index (χ1n) is 14.6. The molecule has 7 N–H and O–H groups in total. The van der Waals surface area contributed by atoms with Gasteiger partial charge in [0, 0.05) is 30.8 Å². The highest BCUT2D eigenvalue weighted by Gasteiger charge is 2.28. The Morgan fingerprint density at radius 1 is 0.800 bits per heavy atom. The Bertz CT molecular complexity index is 1310. The van der Waals surface area contributed by atoms with Gasteiger partial charge in [-0.25, -0.2) is 14.4 Å². The second-order valence-corrected chi connectivity index (χ2v) is 12.4. The van der Waals surface area contributed by atoms with E-state index in [0.29, 0.717) is 23.4 Å². The average molecular weight is 629 g/mol. The number of nitrogens with one attached hydrogen (secondary N) is 4. The summed E-state index contributed by atoms with van der Waals surface area (Å²) in [6, 6.07) is 9.51. The maximum atomic E-state index is 13.3. The minimum atomic E-state index is -1.30. The molecular formula is C32H44N4O9. The molecule has 0 saturated carbocycles. The number of phenolic OH excluding ortho intramolecular Hbond substituents is 1. The van der Waals surface area contributed by atoms with Crippen LogP contribution in [0, 0.1) is 11.3 Å². The van der Waals surface area contributed by atoms with Crippen molar-refractivity contribution in [3.8, 4) is 5.75 Å². The van der Waals surface area contributed by atoms with Crippen molar-refractivity contribution in [3.05, 3.63) is 54.1 Å². The van der Waals surface area contributed by atoms with Crippen molar-refractivity contribution >= 4 is 41.2 Å². The van der Waals surface area contributed by atoms with Crippen molar-refractivity contribution in [3.63, 3.8) is 0 Å². The maximum Gasteiger partial charge on any atom is 0.328 e. The number of rotatable bonds is 16. The summed E-state index contributed by atoms with van der Waals surface area (Å²) in [5.74, 6) is -4.00. The van der Waals surface area contributed by atoms with Crippen LogP contribution in [0.3, 0.4) is 0 Å². The zero-order chi connectivity index (χ0) is 33.7. The van der Waals surface area contributed by atoms with Crippen molar-refractivity contribution in [2.75, 3.05) is 23.8 Å². The number of phenols is 1. The molecule has 2 aromatic carbocycles. The normalized spacial score (nSPS) is 13.3. The van der Waals surface area contributed by atoms with Gasteiger partial charge in [-0.3, -0.25) is 9.59 Å². The van der Waals surface area contributed by atoms with Crippen molar-refractivity contribution in [1.29, 1.82) is 0 Å². The topological polar surface area (TPSA) is 203 Å². The van der Waals surface area contributed by atoms with E-state index in [4.69, 9.17) is 4.74 Å². The smallest absolute Gasteiger partial charge is 0.328 e. The minimum Gasteiger partial charge on any atom is -0.508 e. The van der Waals surface area contributed by atoms with E-state index in [0.717, 1.165) is 0 Å². The van der Waals surface area contributed by atoms with E-state index < -0.39 is 47.8 Å². The Hall–Kier alpha value is -4.65. The van der Waals surface area contributed by atoms with Gasteiger partial charge in [0.05, 0.1) is 12.5 Å². The van der Waals surface area contributed by atoms with Gasteiger partial charge in [0.1, 0.15) is 11.8 Å². The second-order valence-electron chi connectivity index (χ2n) is 12.4. The molecule has 246 valence electrons. The number of urea groups is 1. The number of carboxylic acid groups (broad SMARTS) is 2. The fourth-order valence-corrected chi connectivity index (χ4v) is 4.34. The number of anilines is 2. The Morgan fingerprint density at radius 3 is 1.82 bits per heavy atom. The van der Waals surface area contributed by atoms with Crippen molar-refractivity contribution in [1.82, 2.24) is 10.6 Å². The van der Waals surface area contributed by atoms with Gasteiger partial charge in [-0.15, -0.1) is 0 Å². The Morgan fingerprint density at radius 2 is 1.33 bits per heavy atom. The number of amides is 4. The lowest BCUT2D eigenvalue weighted by Crippen LogP contribution is -2.46.